The minimum Gasteiger partial charge on any atom is -0.410 e. The fraction of sp³-hybridized carbons (Fsp3) is 0.0769. The molecule has 21 heavy (non-hydrogen) atoms. The van der Waals surface area contributed by atoms with Gasteiger partial charge in [0.2, 0.25) is 0 Å². The Morgan fingerprint density at radius 1 is 1.33 bits per heavy atom. The molecule has 0 aliphatic rings. The Bertz CT molecular complexity index is 702. The van der Waals surface area contributed by atoms with Crippen molar-refractivity contribution in [2.24, 2.45) is 5.73 Å². The van der Waals surface area contributed by atoms with Crippen molar-refractivity contribution in [3.63, 3.8) is 0 Å². The Morgan fingerprint density at radius 3 is 2.76 bits per heavy atom. The zero-order valence-corrected chi connectivity index (χ0v) is 11.2. The van der Waals surface area contributed by atoms with Gasteiger partial charge in [-0.25, -0.2) is 14.8 Å². The highest BCUT2D eigenvalue weighted by Gasteiger charge is 2.13. The summed E-state index contributed by atoms with van der Waals surface area (Å²) in [5.74, 6) is -0.144. The van der Waals surface area contributed by atoms with Gasteiger partial charge >= 0.3 is 6.09 Å². The van der Waals surface area contributed by atoms with E-state index in [9.17, 15) is 9.59 Å². The Morgan fingerprint density at radius 2 is 2.10 bits per heavy atom. The lowest BCUT2D eigenvalue weighted by Crippen LogP contribution is -2.21. The molecule has 2 aromatic rings. The first-order valence-corrected chi connectivity index (χ1v) is 5.93. The molecule has 0 fully saturated rings. The number of nitrogens with one attached hydrogen (secondary N) is 1. The number of carbonyl (C=O) groups excluding carboxylic acids is 2. The van der Waals surface area contributed by atoms with Crippen molar-refractivity contribution >= 4 is 17.8 Å². The molecule has 108 valence electrons. The molecule has 0 unspecified atom stereocenters. The summed E-state index contributed by atoms with van der Waals surface area (Å²) in [5, 5.41) is 2.43. The van der Waals surface area contributed by atoms with Crippen LogP contribution in [0.1, 0.15) is 10.5 Å². The first kappa shape index (κ1) is 14.3. The zero-order valence-electron chi connectivity index (χ0n) is 11.2. The minimum atomic E-state index is -0.915. The van der Waals surface area contributed by atoms with Crippen LogP contribution in [0.15, 0.2) is 30.5 Å². The minimum absolute atomic E-state index is 0.0243. The molecule has 5 N–H and O–H groups in total. The van der Waals surface area contributed by atoms with E-state index in [0.717, 1.165) is 0 Å². The lowest BCUT2D eigenvalue weighted by molar-refractivity contribution is 0.0959. The molecule has 2 rings (SSSR count). The lowest BCUT2D eigenvalue weighted by Gasteiger charge is -2.07. The van der Waals surface area contributed by atoms with Gasteiger partial charge in [0, 0.05) is 12.6 Å². The predicted octanol–water partition coefficient (Wildman–Crippen LogP) is 0.543. The molecule has 1 aromatic heterocycles. The largest absolute Gasteiger partial charge is 0.410 e. The maximum Gasteiger partial charge on any atom is 0.409 e. The van der Waals surface area contributed by atoms with Crippen molar-refractivity contribution in [3.8, 4) is 17.0 Å². The number of nitrogens with zero attached hydrogens (tertiary/aromatic N) is 2. The van der Waals surface area contributed by atoms with Crippen molar-refractivity contribution in [1.29, 1.82) is 0 Å². The van der Waals surface area contributed by atoms with Crippen molar-refractivity contribution in [3.05, 3.63) is 36.2 Å². The van der Waals surface area contributed by atoms with E-state index in [1.165, 1.54) is 13.2 Å². The number of benzene rings is 1. The summed E-state index contributed by atoms with van der Waals surface area (Å²) >= 11 is 0. The Kier molecular flexibility index (Phi) is 3.98. The number of carbonyl (C=O) groups is 2. The molecule has 0 spiro atoms. The summed E-state index contributed by atoms with van der Waals surface area (Å²) in [6.07, 6.45) is 0.507. The van der Waals surface area contributed by atoms with Crippen molar-refractivity contribution in [2.75, 3.05) is 12.8 Å². The first-order chi connectivity index (χ1) is 10.0. The van der Waals surface area contributed by atoms with E-state index < -0.39 is 12.0 Å². The molecule has 0 saturated carbocycles. The summed E-state index contributed by atoms with van der Waals surface area (Å²) in [6.45, 7) is 0. The number of ether oxygens (including phenoxy) is 1. The third kappa shape index (κ3) is 3.24. The summed E-state index contributed by atoms with van der Waals surface area (Å²) in [4.78, 5) is 30.5. The summed E-state index contributed by atoms with van der Waals surface area (Å²) in [6, 6.07) is 6.50. The molecule has 8 nitrogen and oxygen atoms in total. The van der Waals surface area contributed by atoms with E-state index in [-0.39, 0.29) is 17.3 Å². The molecule has 0 atom stereocenters. The Labute approximate surface area is 120 Å². The summed E-state index contributed by atoms with van der Waals surface area (Å²) in [7, 11) is 1.47. The molecule has 0 bridgehead atoms. The molecule has 0 saturated heterocycles. The second kappa shape index (κ2) is 5.87. The second-order valence-electron chi connectivity index (χ2n) is 4.02. The van der Waals surface area contributed by atoms with Gasteiger partial charge in [0.15, 0.2) is 11.5 Å². The highest BCUT2D eigenvalue weighted by molar-refractivity contribution is 5.96. The number of hydrogen-bond acceptors (Lipinski definition) is 6. The third-order valence-electron chi connectivity index (χ3n) is 2.59. The van der Waals surface area contributed by atoms with Gasteiger partial charge in [-0.05, 0) is 12.1 Å². The Balaban J connectivity index is 2.42. The van der Waals surface area contributed by atoms with Gasteiger partial charge in [0.25, 0.3) is 5.91 Å². The fourth-order valence-corrected chi connectivity index (χ4v) is 1.66. The number of nitrogens with two attached hydrogens (primary N) is 2. The molecule has 0 aliphatic carbocycles. The van der Waals surface area contributed by atoms with Gasteiger partial charge in [-0.1, -0.05) is 12.1 Å². The fourth-order valence-electron chi connectivity index (χ4n) is 1.66. The van der Waals surface area contributed by atoms with E-state index >= 15 is 0 Å². The monoisotopic (exact) mass is 287 g/mol. The average molecular weight is 287 g/mol. The van der Waals surface area contributed by atoms with E-state index in [0.29, 0.717) is 11.3 Å². The zero-order chi connectivity index (χ0) is 15.4. The van der Waals surface area contributed by atoms with Crippen LogP contribution >= 0.6 is 0 Å². The average Bonchev–Trinajstić information content (AvgIpc) is 2.46. The van der Waals surface area contributed by atoms with Gasteiger partial charge in [-0.2, -0.15) is 0 Å². The molecular formula is C13H13N5O3. The van der Waals surface area contributed by atoms with Gasteiger partial charge in [0.1, 0.15) is 5.75 Å². The highest BCUT2D eigenvalue weighted by atomic mass is 16.5. The van der Waals surface area contributed by atoms with Gasteiger partial charge in [0.05, 0.1) is 11.9 Å². The smallest absolute Gasteiger partial charge is 0.409 e. The number of rotatable bonds is 3. The SMILES string of the molecule is CNC(=O)c1nc(-c2cccc(OC(N)=O)c2)cnc1N. The summed E-state index contributed by atoms with van der Waals surface area (Å²) < 4.78 is 4.79. The summed E-state index contributed by atoms with van der Waals surface area (Å²) in [5.41, 5.74) is 11.6. The molecule has 1 heterocycles. The van der Waals surface area contributed by atoms with Crippen LogP contribution in [0.25, 0.3) is 11.3 Å². The Hall–Kier alpha value is -3.16. The molecule has 0 radical (unpaired) electrons. The first-order valence-electron chi connectivity index (χ1n) is 5.93. The topological polar surface area (TPSA) is 133 Å². The van der Waals surface area contributed by atoms with Crippen molar-refractivity contribution in [2.45, 2.75) is 0 Å². The second-order valence-corrected chi connectivity index (χ2v) is 4.02. The number of aromatic nitrogens is 2. The standard InChI is InChI=1S/C13H13N5O3/c1-16-12(19)10-11(14)17-6-9(18-10)7-3-2-4-8(5-7)21-13(15)20/h2-6H,1H3,(H2,14,17)(H2,15,20)(H,16,19). The van der Waals surface area contributed by atoms with E-state index in [2.05, 4.69) is 15.3 Å². The maximum atomic E-state index is 11.7. The van der Waals surface area contributed by atoms with Crippen molar-refractivity contribution in [1.82, 2.24) is 15.3 Å². The van der Waals surface area contributed by atoms with Crippen LogP contribution in [0.3, 0.4) is 0 Å². The number of anilines is 1. The molecular weight excluding hydrogens is 274 g/mol. The highest BCUT2D eigenvalue weighted by Crippen LogP contribution is 2.23. The normalized spacial score (nSPS) is 9.95. The van der Waals surface area contributed by atoms with Crippen LogP contribution in [0.2, 0.25) is 0 Å². The third-order valence-corrected chi connectivity index (χ3v) is 2.59. The quantitative estimate of drug-likeness (QED) is 0.754. The molecule has 1 aromatic carbocycles. The van der Waals surface area contributed by atoms with Crippen molar-refractivity contribution < 1.29 is 14.3 Å². The van der Waals surface area contributed by atoms with Crippen LogP contribution in [0.4, 0.5) is 10.6 Å². The van der Waals surface area contributed by atoms with Crippen LogP contribution in [0.5, 0.6) is 5.75 Å². The van der Waals surface area contributed by atoms with Crippen LogP contribution in [-0.2, 0) is 0 Å². The van der Waals surface area contributed by atoms with Crippen LogP contribution in [-0.4, -0.2) is 29.0 Å². The van der Waals surface area contributed by atoms with Crippen LogP contribution in [0, 0.1) is 0 Å². The predicted molar refractivity (Wildman–Crippen MR) is 75.5 cm³/mol. The van der Waals surface area contributed by atoms with Gasteiger partial charge < -0.3 is 21.5 Å². The molecule has 0 aliphatic heterocycles. The lowest BCUT2D eigenvalue weighted by atomic mass is 10.1. The number of primary amides is 1. The van der Waals surface area contributed by atoms with Crippen LogP contribution < -0.4 is 21.5 Å². The van der Waals surface area contributed by atoms with E-state index in [1.54, 1.807) is 24.3 Å². The number of nitrogen functional groups attached to an aromatic ring is 1. The van der Waals surface area contributed by atoms with Gasteiger partial charge in [-0.3, -0.25) is 4.79 Å². The molecule has 8 heteroatoms. The van der Waals surface area contributed by atoms with E-state index in [1.807, 2.05) is 0 Å². The maximum absolute atomic E-state index is 11.7. The van der Waals surface area contributed by atoms with E-state index in [4.69, 9.17) is 16.2 Å². The number of hydrogen-bond donors (Lipinski definition) is 3. The number of amides is 2. The molecule has 2 amide bonds. The van der Waals surface area contributed by atoms with Gasteiger partial charge in [-0.15, -0.1) is 0 Å².